The summed E-state index contributed by atoms with van der Waals surface area (Å²) in [4.78, 5) is 10.2. The molecule has 2 nitrogen and oxygen atoms in total. The highest BCUT2D eigenvalue weighted by atomic mass is 16.4. The summed E-state index contributed by atoms with van der Waals surface area (Å²) in [7, 11) is 0. The van der Waals surface area contributed by atoms with Crippen molar-refractivity contribution in [3.05, 3.63) is 12.2 Å². The van der Waals surface area contributed by atoms with Crippen LogP contribution in [0.3, 0.4) is 0 Å². The summed E-state index contributed by atoms with van der Waals surface area (Å²) in [6.07, 6.45) is 5.22. The molecule has 0 aromatic heterocycles. The molecule has 2 heteroatoms. The van der Waals surface area contributed by atoms with Crippen LogP contribution >= 0.6 is 0 Å². The molecule has 0 aliphatic rings. The predicted molar refractivity (Wildman–Crippen MR) is 50.0 cm³/mol. The van der Waals surface area contributed by atoms with Crippen LogP contribution in [0.2, 0.25) is 0 Å². The first kappa shape index (κ1) is 11.2. The molecule has 0 radical (unpaired) electrons. The van der Waals surface area contributed by atoms with Gasteiger partial charge < -0.3 is 5.11 Å². The highest BCUT2D eigenvalue weighted by molar-refractivity contribution is 5.79. The van der Waals surface area contributed by atoms with Gasteiger partial charge in [-0.2, -0.15) is 0 Å². The van der Waals surface area contributed by atoms with Gasteiger partial charge in [-0.05, 0) is 18.3 Å². The molecule has 0 rings (SSSR count). The van der Waals surface area contributed by atoms with Crippen molar-refractivity contribution in [2.45, 2.75) is 33.6 Å². The second-order valence-electron chi connectivity index (χ2n) is 3.42. The normalized spacial score (nSPS) is 16.2. The summed E-state index contributed by atoms with van der Waals surface area (Å²) in [6, 6.07) is 0. The second-order valence-corrected chi connectivity index (χ2v) is 3.42. The van der Waals surface area contributed by atoms with Crippen LogP contribution in [-0.4, -0.2) is 11.1 Å². The molecule has 0 aliphatic heterocycles. The molecule has 70 valence electrons. The maximum absolute atomic E-state index is 10.2. The van der Waals surface area contributed by atoms with E-state index in [4.69, 9.17) is 5.11 Å². The third-order valence-corrected chi connectivity index (χ3v) is 2.04. The Bertz CT molecular complexity index is 161. The van der Waals surface area contributed by atoms with Crippen molar-refractivity contribution >= 4 is 5.97 Å². The number of aliphatic carboxylic acids is 1. The van der Waals surface area contributed by atoms with Gasteiger partial charge in [-0.25, -0.2) is 4.79 Å². The van der Waals surface area contributed by atoms with E-state index in [9.17, 15) is 4.79 Å². The van der Waals surface area contributed by atoms with E-state index in [0.717, 1.165) is 12.8 Å². The zero-order valence-corrected chi connectivity index (χ0v) is 8.08. The van der Waals surface area contributed by atoms with Crippen molar-refractivity contribution in [2.24, 2.45) is 11.8 Å². The molecule has 0 saturated heterocycles. The molecule has 12 heavy (non-hydrogen) atoms. The van der Waals surface area contributed by atoms with Gasteiger partial charge in [0, 0.05) is 6.08 Å². The number of hydrogen-bond acceptors (Lipinski definition) is 1. The molecule has 1 N–H and O–H groups in total. The lowest BCUT2D eigenvalue weighted by Crippen LogP contribution is -2.00. The van der Waals surface area contributed by atoms with Crippen molar-refractivity contribution in [2.75, 3.05) is 0 Å². The van der Waals surface area contributed by atoms with Gasteiger partial charge in [0.15, 0.2) is 0 Å². The van der Waals surface area contributed by atoms with Crippen LogP contribution in [-0.2, 0) is 4.79 Å². The Morgan fingerprint density at radius 2 is 2.08 bits per heavy atom. The van der Waals surface area contributed by atoms with Crippen molar-refractivity contribution in [1.29, 1.82) is 0 Å². The fraction of sp³-hybridized carbons (Fsp3) is 0.700. The Balaban J connectivity index is 3.72. The van der Waals surface area contributed by atoms with Crippen molar-refractivity contribution in [1.82, 2.24) is 0 Å². The number of rotatable bonds is 5. The summed E-state index contributed by atoms with van der Waals surface area (Å²) >= 11 is 0. The zero-order valence-electron chi connectivity index (χ0n) is 8.08. The maximum atomic E-state index is 10.2. The van der Waals surface area contributed by atoms with Crippen LogP contribution in [0.25, 0.3) is 0 Å². The number of hydrogen-bond donors (Lipinski definition) is 1. The molecule has 0 fully saturated rings. The maximum Gasteiger partial charge on any atom is 0.327 e. The van der Waals surface area contributed by atoms with Gasteiger partial charge >= 0.3 is 5.97 Å². The SMILES string of the molecule is CC[C@H](C)C[C@H](C)/C=C/C(=O)O. The van der Waals surface area contributed by atoms with E-state index in [1.54, 1.807) is 6.08 Å². The van der Waals surface area contributed by atoms with Crippen molar-refractivity contribution in [3.63, 3.8) is 0 Å². The summed E-state index contributed by atoms with van der Waals surface area (Å²) < 4.78 is 0. The number of allylic oxidation sites excluding steroid dienone is 1. The van der Waals surface area contributed by atoms with Gasteiger partial charge in [-0.1, -0.05) is 33.3 Å². The number of carboxylic acid groups (broad SMARTS) is 1. The van der Waals surface area contributed by atoms with E-state index in [2.05, 4.69) is 13.8 Å². The largest absolute Gasteiger partial charge is 0.478 e. The fourth-order valence-corrected chi connectivity index (χ4v) is 1.13. The highest BCUT2D eigenvalue weighted by Crippen LogP contribution is 2.15. The van der Waals surface area contributed by atoms with Crippen LogP contribution in [0.15, 0.2) is 12.2 Å². The first-order chi connectivity index (χ1) is 5.56. The minimum absolute atomic E-state index is 0.371. The molecule has 0 aromatic rings. The van der Waals surface area contributed by atoms with Crippen LogP contribution in [0.4, 0.5) is 0 Å². The van der Waals surface area contributed by atoms with E-state index in [1.165, 1.54) is 6.08 Å². The van der Waals surface area contributed by atoms with Crippen LogP contribution in [0.5, 0.6) is 0 Å². The lowest BCUT2D eigenvalue weighted by Gasteiger charge is -2.11. The molecule has 0 aliphatic carbocycles. The molecular formula is C10H18O2. The van der Waals surface area contributed by atoms with Gasteiger partial charge in [0.2, 0.25) is 0 Å². The molecule has 0 bridgehead atoms. The van der Waals surface area contributed by atoms with Crippen molar-refractivity contribution < 1.29 is 9.90 Å². The van der Waals surface area contributed by atoms with Crippen LogP contribution < -0.4 is 0 Å². The molecule has 0 spiro atoms. The van der Waals surface area contributed by atoms with Gasteiger partial charge in [0.25, 0.3) is 0 Å². The average molecular weight is 170 g/mol. The van der Waals surface area contributed by atoms with E-state index >= 15 is 0 Å². The predicted octanol–water partition coefficient (Wildman–Crippen LogP) is 2.70. The van der Waals surface area contributed by atoms with E-state index in [1.807, 2.05) is 6.92 Å². The standard InChI is InChI=1S/C10H18O2/c1-4-8(2)7-9(3)5-6-10(11)12/h5-6,8-9H,4,7H2,1-3H3,(H,11,12)/b6-5+/t8-,9+/m0/s1. The number of carboxylic acids is 1. The molecule has 0 aromatic carbocycles. The summed E-state index contributed by atoms with van der Waals surface area (Å²) in [5.41, 5.74) is 0. The van der Waals surface area contributed by atoms with Crippen LogP contribution in [0, 0.1) is 11.8 Å². The Labute approximate surface area is 74.3 Å². The first-order valence-electron chi connectivity index (χ1n) is 4.47. The molecule has 0 saturated carbocycles. The highest BCUT2D eigenvalue weighted by Gasteiger charge is 2.03. The molecule has 0 heterocycles. The third-order valence-electron chi connectivity index (χ3n) is 2.04. The minimum atomic E-state index is -0.856. The van der Waals surface area contributed by atoms with Gasteiger partial charge in [0.1, 0.15) is 0 Å². The molecule has 2 atom stereocenters. The second kappa shape index (κ2) is 5.81. The fourth-order valence-electron chi connectivity index (χ4n) is 1.13. The van der Waals surface area contributed by atoms with Gasteiger partial charge in [-0.3, -0.25) is 0 Å². The average Bonchev–Trinajstić information content (AvgIpc) is 2.00. The van der Waals surface area contributed by atoms with Gasteiger partial charge in [0.05, 0.1) is 0 Å². The Kier molecular flexibility index (Phi) is 5.43. The summed E-state index contributed by atoms with van der Waals surface area (Å²) in [6.45, 7) is 6.38. The zero-order chi connectivity index (χ0) is 9.56. The molecule has 0 amide bonds. The van der Waals surface area contributed by atoms with Gasteiger partial charge in [-0.15, -0.1) is 0 Å². The quantitative estimate of drug-likeness (QED) is 0.644. The van der Waals surface area contributed by atoms with E-state index in [0.29, 0.717) is 11.8 Å². The molecule has 0 unspecified atom stereocenters. The smallest absolute Gasteiger partial charge is 0.327 e. The molecular weight excluding hydrogens is 152 g/mol. The summed E-state index contributed by atoms with van der Waals surface area (Å²) in [5.74, 6) is 0.195. The summed E-state index contributed by atoms with van der Waals surface area (Å²) in [5, 5.41) is 8.37. The Hall–Kier alpha value is -0.790. The minimum Gasteiger partial charge on any atom is -0.478 e. The lowest BCUT2D eigenvalue weighted by molar-refractivity contribution is -0.131. The topological polar surface area (TPSA) is 37.3 Å². The Morgan fingerprint density at radius 1 is 1.50 bits per heavy atom. The number of carbonyl (C=O) groups is 1. The van der Waals surface area contributed by atoms with E-state index < -0.39 is 5.97 Å². The van der Waals surface area contributed by atoms with Crippen LogP contribution in [0.1, 0.15) is 33.6 Å². The third kappa shape index (κ3) is 5.96. The van der Waals surface area contributed by atoms with Crippen molar-refractivity contribution in [3.8, 4) is 0 Å². The first-order valence-corrected chi connectivity index (χ1v) is 4.47. The Morgan fingerprint density at radius 3 is 2.50 bits per heavy atom. The lowest BCUT2D eigenvalue weighted by atomic mass is 9.95. The van der Waals surface area contributed by atoms with E-state index in [-0.39, 0.29) is 0 Å². The monoisotopic (exact) mass is 170 g/mol.